The molecule has 3 heteroatoms. The number of rotatable bonds is 4. The molecule has 15 heavy (non-hydrogen) atoms. The van der Waals surface area contributed by atoms with Gasteiger partial charge >= 0.3 is 0 Å². The fourth-order valence-corrected chi connectivity index (χ4v) is 1.24. The maximum atomic E-state index is 11.1. The van der Waals surface area contributed by atoms with Gasteiger partial charge in [-0.05, 0) is 24.1 Å². The van der Waals surface area contributed by atoms with Gasteiger partial charge in [0, 0.05) is 6.54 Å². The quantitative estimate of drug-likeness (QED) is 0.729. The Bertz CT molecular complexity index is 358. The minimum Gasteiger partial charge on any atom is -0.392 e. The van der Waals surface area contributed by atoms with E-state index in [1.807, 2.05) is 24.3 Å². The summed E-state index contributed by atoms with van der Waals surface area (Å²) in [5.41, 5.74) is 1.84. The summed E-state index contributed by atoms with van der Waals surface area (Å²) in [6.45, 7) is 2.31. The first-order chi connectivity index (χ1) is 7.26. The third-order valence-electron chi connectivity index (χ3n) is 1.96. The van der Waals surface area contributed by atoms with Crippen molar-refractivity contribution in [2.24, 2.45) is 0 Å². The molecular weight excluding hydrogens is 190 g/mol. The third kappa shape index (κ3) is 3.95. The molecule has 2 N–H and O–H groups in total. The number of aliphatic hydroxyl groups is 1. The van der Waals surface area contributed by atoms with Gasteiger partial charge in [-0.2, -0.15) is 0 Å². The van der Waals surface area contributed by atoms with Gasteiger partial charge in [-0.1, -0.05) is 30.3 Å². The molecule has 1 amide bonds. The first-order valence-electron chi connectivity index (χ1n) is 4.85. The van der Waals surface area contributed by atoms with Crippen LogP contribution >= 0.6 is 0 Å². The van der Waals surface area contributed by atoms with Crippen LogP contribution in [0.4, 0.5) is 0 Å². The second-order valence-corrected chi connectivity index (χ2v) is 3.20. The molecule has 0 unspecified atom stereocenters. The monoisotopic (exact) mass is 205 g/mol. The largest absolute Gasteiger partial charge is 0.392 e. The lowest BCUT2D eigenvalue weighted by molar-refractivity contribution is -0.116. The fraction of sp³-hybridized carbons (Fsp3) is 0.250. The zero-order chi connectivity index (χ0) is 11.1. The topological polar surface area (TPSA) is 49.3 Å². The number of carbonyl (C=O) groups excluding carboxylic acids is 1. The van der Waals surface area contributed by atoms with Crippen LogP contribution in [0.5, 0.6) is 0 Å². The molecule has 0 saturated carbocycles. The molecule has 0 atom stereocenters. The first-order valence-corrected chi connectivity index (χ1v) is 4.85. The van der Waals surface area contributed by atoms with Crippen LogP contribution in [0.15, 0.2) is 36.4 Å². The summed E-state index contributed by atoms with van der Waals surface area (Å²) in [6.07, 6.45) is 3.18. The van der Waals surface area contributed by atoms with E-state index in [4.69, 9.17) is 5.11 Å². The molecule has 0 fully saturated rings. The van der Waals surface area contributed by atoms with Crippen LogP contribution in [0.1, 0.15) is 18.1 Å². The molecule has 0 saturated heterocycles. The maximum absolute atomic E-state index is 11.1. The number of aliphatic hydroxyl groups excluding tert-OH is 1. The van der Waals surface area contributed by atoms with Crippen molar-refractivity contribution >= 4 is 5.91 Å². The Labute approximate surface area is 89.4 Å². The molecule has 0 aliphatic carbocycles. The van der Waals surface area contributed by atoms with Crippen LogP contribution in [-0.4, -0.2) is 11.0 Å². The second kappa shape index (κ2) is 5.98. The van der Waals surface area contributed by atoms with Crippen molar-refractivity contribution in [2.75, 3.05) is 0 Å². The number of amides is 1. The first kappa shape index (κ1) is 11.5. The normalized spacial score (nSPS) is 10.5. The number of allylic oxidation sites excluding steroid dienone is 1. The zero-order valence-electron chi connectivity index (χ0n) is 8.73. The van der Waals surface area contributed by atoms with Crippen LogP contribution < -0.4 is 5.32 Å². The predicted molar refractivity (Wildman–Crippen MR) is 59.0 cm³/mol. The van der Waals surface area contributed by atoms with Gasteiger partial charge in [-0.25, -0.2) is 0 Å². The third-order valence-corrected chi connectivity index (χ3v) is 1.96. The Morgan fingerprint density at radius 1 is 1.47 bits per heavy atom. The van der Waals surface area contributed by atoms with E-state index in [0.717, 1.165) is 11.1 Å². The lowest BCUT2D eigenvalue weighted by Gasteiger charge is -2.04. The molecule has 1 rings (SSSR count). The van der Waals surface area contributed by atoms with Gasteiger partial charge in [-0.15, -0.1) is 0 Å². The Hall–Kier alpha value is -1.61. The lowest BCUT2D eigenvalue weighted by atomic mass is 10.1. The van der Waals surface area contributed by atoms with Crippen molar-refractivity contribution in [3.8, 4) is 0 Å². The maximum Gasteiger partial charge on any atom is 0.243 e. The van der Waals surface area contributed by atoms with Crippen molar-refractivity contribution in [2.45, 2.75) is 20.1 Å². The molecule has 0 radical (unpaired) electrons. The lowest BCUT2D eigenvalue weighted by Crippen LogP contribution is -2.20. The van der Waals surface area contributed by atoms with E-state index >= 15 is 0 Å². The molecule has 1 aromatic carbocycles. The average Bonchev–Trinajstić information content (AvgIpc) is 2.27. The highest BCUT2D eigenvalue weighted by Gasteiger charge is 1.97. The standard InChI is InChI=1S/C12H15NO2/c1-2-4-12(15)13-8-10-5-3-6-11(7-10)9-14/h2-7,14H,8-9H2,1H3,(H,13,15)/b4-2+. The molecule has 0 aliphatic rings. The summed E-state index contributed by atoms with van der Waals surface area (Å²) in [5.74, 6) is -0.105. The van der Waals surface area contributed by atoms with E-state index in [2.05, 4.69) is 5.32 Å². The highest BCUT2D eigenvalue weighted by molar-refractivity contribution is 5.87. The summed E-state index contributed by atoms with van der Waals surface area (Å²) in [5, 5.41) is 11.7. The van der Waals surface area contributed by atoms with Crippen LogP contribution in [0.25, 0.3) is 0 Å². The molecule has 0 heterocycles. The van der Waals surface area contributed by atoms with Crippen LogP contribution in [0.3, 0.4) is 0 Å². The number of nitrogens with one attached hydrogen (secondary N) is 1. The Kier molecular flexibility index (Phi) is 4.57. The summed E-state index contributed by atoms with van der Waals surface area (Å²) >= 11 is 0. The van der Waals surface area contributed by atoms with Gasteiger partial charge in [-0.3, -0.25) is 4.79 Å². The average molecular weight is 205 g/mol. The van der Waals surface area contributed by atoms with Gasteiger partial charge in [0.15, 0.2) is 0 Å². The van der Waals surface area contributed by atoms with E-state index in [0.29, 0.717) is 6.54 Å². The fourth-order valence-electron chi connectivity index (χ4n) is 1.24. The second-order valence-electron chi connectivity index (χ2n) is 3.20. The summed E-state index contributed by atoms with van der Waals surface area (Å²) in [6, 6.07) is 7.49. The molecular formula is C12H15NO2. The Morgan fingerprint density at radius 2 is 2.20 bits per heavy atom. The van der Waals surface area contributed by atoms with Crippen molar-refractivity contribution in [3.05, 3.63) is 47.5 Å². The van der Waals surface area contributed by atoms with Crippen molar-refractivity contribution in [1.82, 2.24) is 5.32 Å². The van der Waals surface area contributed by atoms with E-state index in [9.17, 15) is 4.79 Å². The van der Waals surface area contributed by atoms with Crippen molar-refractivity contribution in [1.29, 1.82) is 0 Å². The number of benzene rings is 1. The zero-order valence-corrected chi connectivity index (χ0v) is 8.73. The molecule has 3 nitrogen and oxygen atoms in total. The van der Waals surface area contributed by atoms with Gasteiger partial charge in [0.05, 0.1) is 6.61 Å². The van der Waals surface area contributed by atoms with Gasteiger partial charge in [0.25, 0.3) is 0 Å². The number of hydrogen-bond acceptors (Lipinski definition) is 2. The van der Waals surface area contributed by atoms with E-state index in [1.54, 1.807) is 13.0 Å². The minimum atomic E-state index is -0.105. The van der Waals surface area contributed by atoms with Crippen LogP contribution in [0.2, 0.25) is 0 Å². The van der Waals surface area contributed by atoms with Gasteiger partial charge in [0.1, 0.15) is 0 Å². The number of hydrogen-bond donors (Lipinski definition) is 2. The van der Waals surface area contributed by atoms with Crippen molar-refractivity contribution in [3.63, 3.8) is 0 Å². The molecule has 0 spiro atoms. The molecule has 0 aromatic heterocycles. The smallest absolute Gasteiger partial charge is 0.243 e. The SMILES string of the molecule is C/C=C/C(=O)NCc1cccc(CO)c1. The minimum absolute atomic E-state index is 0.0245. The molecule has 80 valence electrons. The summed E-state index contributed by atoms with van der Waals surface area (Å²) in [4.78, 5) is 11.1. The van der Waals surface area contributed by atoms with E-state index in [-0.39, 0.29) is 12.5 Å². The van der Waals surface area contributed by atoms with E-state index in [1.165, 1.54) is 6.08 Å². The molecule has 0 aliphatic heterocycles. The summed E-state index contributed by atoms with van der Waals surface area (Å²) < 4.78 is 0. The van der Waals surface area contributed by atoms with Gasteiger partial charge in [0.2, 0.25) is 5.91 Å². The van der Waals surface area contributed by atoms with Gasteiger partial charge < -0.3 is 10.4 Å². The highest BCUT2D eigenvalue weighted by atomic mass is 16.3. The van der Waals surface area contributed by atoms with Crippen LogP contribution in [-0.2, 0) is 17.9 Å². The van der Waals surface area contributed by atoms with E-state index < -0.39 is 0 Å². The molecule has 0 bridgehead atoms. The Morgan fingerprint density at radius 3 is 2.87 bits per heavy atom. The summed E-state index contributed by atoms with van der Waals surface area (Å²) in [7, 11) is 0. The molecule has 1 aromatic rings. The highest BCUT2D eigenvalue weighted by Crippen LogP contribution is 2.04. The number of carbonyl (C=O) groups is 1. The van der Waals surface area contributed by atoms with Crippen LogP contribution in [0, 0.1) is 0 Å². The Balaban J connectivity index is 2.53. The predicted octanol–water partition coefficient (Wildman–Crippen LogP) is 1.37. The van der Waals surface area contributed by atoms with Crippen molar-refractivity contribution < 1.29 is 9.90 Å².